The maximum atomic E-state index is 12.4. The highest BCUT2D eigenvalue weighted by Gasteiger charge is 2.27. The molecule has 2 amide bonds. The van der Waals surface area contributed by atoms with Gasteiger partial charge in [0.15, 0.2) is 0 Å². The zero-order chi connectivity index (χ0) is 17.5. The lowest BCUT2D eigenvalue weighted by atomic mass is 9.98. The minimum absolute atomic E-state index is 0.00164. The van der Waals surface area contributed by atoms with Gasteiger partial charge in [-0.05, 0) is 56.3 Å². The molecule has 0 spiro atoms. The monoisotopic (exact) mass is 344 g/mol. The molecule has 1 aromatic rings. The molecule has 136 valence electrons. The van der Waals surface area contributed by atoms with Crippen molar-refractivity contribution in [3.8, 4) is 0 Å². The Balaban J connectivity index is 1.57. The Morgan fingerprint density at radius 3 is 2.76 bits per heavy atom. The van der Waals surface area contributed by atoms with Gasteiger partial charge >= 0.3 is 0 Å². The summed E-state index contributed by atoms with van der Waals surface area (Å²) in [5.41, 5.74) is 1.20. The van der Waals surface area contributed by atoms with Crippen molar-refractivity contribution in [2.45, 2.75) is 51.1 Å². The first-order valence-electron chi connectivity index (χ1n) is 9.39. The highest BCUT2D eigenvalue weighted by Crippen LogP contribution is 2.21. The zero-order valence-electron chi connectivity index (χ0n) is 14.7. The van der Waals surface area contributed by atoms with Gasteiger partial charge in [-0.3, -0.25) is 19.5 Å². The molecule has 1 saturated heterocycles. The number of nitrogens with zero attached hydrogens (tertiary/aromatic N) is 2. The molecule has 2 heterocycles. The molecule has 1 saturated carbocycles. The molecule has 1 aliphatic heterocycles. The average molecular weight is 344 g/mol. The number of carbonyl (C=O) groups is 2. The zero-order valence-corrected chi connectivity index (χ0v) is 14.7. The number of hydrogen-bond donors (Lipinski definition) is 2. The predicted molar refractivity (Wildman–Crippen MR) is 95.6 cm³/mol. The molecular formula is C19H28N4O2. The van der Waals surface area contributed by atoms with Gasteiger partial charge in [0, 0.05) is 50.4 Å². The van der Waals surface area contributed by atoms with E-state index in [-0.39, 0.29) is 17.7 Å². The first kappa shape index (κ1) is 17.9. The lowest BCUT2D eigenvalue weighted by Crippen LogP contribution is -2.35. The third-order valence-corrected chi connectivity index (χ3v) is 4.95. The Hall–Kier alpha value is -1.95. The topological polar surface area (TPSA) is 74.3 Å². The molecule has 25 heavy (non-hydrogen) atoms. The normalized spacial score (nSPS) is 23.4. The molecule has 1 unspecified atom stereocenters. The molecule has 1 aromatic heterocycles. The van der Waals surface area contributed by atoms with Crippen LogP contribution in [0.1, 0.15) is 44.1 Å². The maximum Gasteiger partial charge on any atom is 0.223 e. The molecule has 6 heteroatoms. The molecule has 6 nitrogen and oxygen atoms in total. The summed E-state index contributed by atoms with van der Waals surface area (Å²) in [5.74, 6) is 0.237. The highest BCUT2D eigenvalue weighted by molar-refractivity contribution is 5.79. The van der Waals surface area contributed by atoms with E-state index in [2.05, 4.69) is 20.5 Å². The smallest absolute Gasteiger partial charge is 0.223 e. The first-order valence-corrected chi connectivity index (χ1v) is 9.39. The van der Waals surface area contributed by atoms with Crippen molar-refractivity contribution in [1.29, 1.82) is 0 Å². The van der Waals surface area contributed by atoms with Crippen LogP contribution in [0.3, 0.4) is 0 Å². The van der Waals surface area contributed by atoms with Crippen LogP contribution in [-0.4, -0.2) is 47.4 Å². The van der Waals surface area contributed by atoms with Crippen LogP contribution in [-0.2, 0) is 16.1 Å². The number of hydrogen-bond acceptors (Lipinski definition) is 4. The van der Waals surface area contributed by atoms with Gasteiger partial charge in [0.25, 0.3) is 0 Å². The van der Waals surface area contributed by atoms with E-state index in [0.717, 1.165) is 51.7 Å². The molecule has 3 rings (SSSR count). The van der Waals surface area contributed by atoms with Crippen LogP contribution in [0, 0.1) is 5.92 Å². The summed E-state index contributed by atoms with van der Waals surface area (Å²) in [6.45, 7) is 3.05. The van der Waals surface area contributed by atoms with E-state index in [1.54, 1.807) is 12.4 Å². The van der Waals surface area contributed by atoms with E-state index in [0.29, 0.717) is 19.0 Å². The number of rotatable bonds is 4. The average Bonchev–Trinajstić information content (AvgIpc) is 3.42. The Kier molecular flexibility index (Phi) is 6.39. The molecule has 1 atom stereocenters. The molecule has 0 bridgehead atoms. The molecule has 2 N–H and O–H groups in total. The largest absolute Gasteiger partial charge is 0.356 e. The number of amides is 2. The summed E-state index contributed by atoms with van der Waals surface area (Å²) in [5, 5.41) is 6.08. The summed E-state index contributed by atoms with van der Waals surface area (Å²) in [6.07, 6.45) is 8.89. The van der Waals surface area contributed by atoms with E-state index >= 15 is 0 Å². The lowest BCUT2D eigenvalue weighted by molar-refractivity contribution is -0.126. The summed E-state index contributed by atoms with van der Waals surface area (Å²) in [7, 11) is 0. The van der Waals surface area contributed by atoms with Crippen molar-refractivity contribution < 1.29 is 9.59 Å². The van der Waals surface area contributed by atoms with Crippen LogP contribution in [0.5, 0.6) is 0 Å². The number of carbonyl (C=O) groups excluding carboxylic acids is 2. The van der Waals surface area contributed by atoms with E-state index in [1.807, 2.05) is 12.1 Å². The van der Waals surface area contributed by atoms with Crippen molar-refractivity contribution in [2.24, 2.45) is 5.92 Å². The maximum absolute atomic E-state index is 12.4. The van der Waals surface area contributed by atoms with Crippen molar-refractivity contribution in [2.75, 3.05) is 19.6 Å². The van der Waals surface area contributed by atoms with Gasteiger partial charge in [-0.25, -0.2) is 0 Å². The van der Waals surface area contributed by atoms with Crippen LogP contribution in [0.15, 0.2) is 24.5 Å². The number of pyridine rings is 1. The second-order valence-electron chi connectivity index (χ2n) is 7.14. The summed E-state index contributed by atoms with van der Waals surface area (Å²) in [4.78, 5) is 30.8. The fourth-order valence-corrected chi connectivity index (χ4v) is 3.26. The van der Waals surface area contributed by atoms with Crippen LogP contribution in [0.4, 0.5) is 0 Å². The van der Waals surface area contributed by atoms with Crippen molar-refractivity contribution in [3.05, 3.63) is 30.1 Å². The van der Waals surface area contributed by atoms with Crippen LogP contribution >= 0.6 is 0 Å². The van der Waals surface area contributed by atoms with E-state index < -0.39 is 0 Å². The van der Waals surface area contributed by atoms with Gasteiger partial charge in [0.1, 0.15) is 0 Å². The summed E-state index contributed by atoms with van der Waals surface area (Å²) in [6, 6.07) is 4.41. The Morgan fingerprint density at radius 1 is 1.20 bits per heavy atom. The SMILES string of the molecule is O=C1CCN(Cc2ccncc2)CCCC(C(=O)NC2CC2)CCN1. The Morgan fingerprint density at radius 2 is 2.00 bits per heavy atom. The number of nitrogens with one attached hydrogen (secondary N) is 2. The second kappa shape index (κ2) is 8.94. The van der Waals surface area contributed by atoms with Gasteiger partial charge < -0.3 is 10.6 Å². The van der Waals surface area contributed by atoms with Crippen molar-refractivity contribution >= 4 is 11.8 Å². The van der Waals surface area contributed by atoms with E-state index in [4.69, 9.17) is 0 Å². The van der Waals surface area contributed by atoms with Crippen LogP contribution in [0.25, 0.3) is 0 Å². The molecular weight excluding hydrogens is 316 g/mol. The lowest BCUT2D eigenvalue weighted by Gasteiger charge is -2.22. The van der Waals surface area contributed by atoms with E-state index in [1.165, 1.54) is 5.56 Å². The second-order valence-corrected chi connectivity index (χ2v) is 7.14. The van der Waals surface area contributed by atoms with Crippen molar-refractivity contribution in [3.63, 3.8) is 0 Å². The Labute approximate surface area is 149 Å². The molecule has 0 aromatic carbocycles. The fourth-order valence-electron chi connectivity index (χ4n) is 3.26. The standard InChI is InChI=1S/C19H28N4O2/c24-18-8-13-23(14-15-5-9-20-10-6-15)12-1-2-16(7-11-21-18)19(25)22-17-3-4-17/h5-6,9-10,16-17H,1-4,7-8,11-14H2,(H,21,24)(H,22,25). The third kappa shape index (κ3) is 6.12. The summed E-state index contributed by atoms with van der Waals surface area (Å²) >= 11 is 0. The van der Waals surface area contributed by atoms with Gasteiger partial charge in [0.05, 0.1) is 0 Å². The highest BCUT2D eigenvalue weighted by atomic mass is 16.2. The van der Waals surface area contributed by atoms with Gasteiger partial charge in [0.2, 0.25) is 11.8 Å². The first-order chi connectivity index (χ1) is 12.2. The predicted octanol–water partition coefficient (Wildman–Crippen LogP) is 1.47. The molecule has 2 aliphatic rings. The van der Waals surface area contributed by atoms with Gasteiger partial charge in [-0.2, -0.15) is 0 Å². The number of aromatic nitrogens is 1. The summed E-state index contributed by atoms with van der Waals surface area (Å²) < 4.78 is 0. The van der Waals surface area contributed by atoms with Gasteiger partial charge in [-0.15, -0.1) is 0 Å². The fraction of sp³-hybridized carbons (Fsp3) is 0.632. The molecule has 2 fully saturated rings. The molecule has 1 aliphatic carbocycles. The van der Waals surface area contributed by atoms with Gasteiger partial charge in [-0.1, -0.05) is 0 Å². The van der Waals surface area contributed by atoms with Crippen LogP contribution in [0.2, 0.25) is 0 Å². The van der Waals surface area contributed by atoms with Crippen molar-refractivity contribution in [1.82, 2.24) is 20.5 Å². The molecule has 0 radical (unpaired) electrons. The van der Waals surface area contributed by atoms with E-state index in [9.17, 15) is 9.59 Å². The third-order valence-electron chi connectivity index (χ3n) is 4.95. The quantitative estimate of drug-likeness (QED) is 0.867. The minimum Gasteiger partial charge on any atom is -0.356 e. The van der Waals surface area contributed by atoms with Crippen LogP contribution < -0.4 is 10.6 Å². The minimum atomic E-state index is 0.00164. The Bertz CT molecular complexity index is 574.